The summed E-state index contributed by atoms with van der Waals surface area (Å²) in [5.41, 5.74) is 0. The van der Waals surface area contributed by atoms with E-state index in [4.69, 9.17) is 10.5 Å². The number of rotatable bonds is 2. The van der Waals surface area contributed by atoms with Crippen LogP contribution in [0.1, 0.15) is 13.8 Å². The molecule has 0 spiro atoms. The van der Waals surface area contributed by atoms with Crippen molar-refractivity contribution in [3.05, 3.63) is 0 Å². The fourth-order valence-electron chi connectivity index (χ4n) is 0.450. The van der Waals surface area contributed by atoms with E-state index in [-0.39, 0.29) is 12.1 Å². The van der Waals surface area contributed by atoms with E-state index < -0.39 is 0 Å². The van der Waals surface area contributed by atoms with Crippen LogP contribution in [-0.2, 0) is 0 Å². The number of hydrogen-bond donors (Lipinski definition) is 1. The minimum Gasteiger partial charge on any atom is -0.287 e. The minimum absolute atomic E-state index is 0.236. The summed E-state index contributed by atoms with van der Waals surface area (Å²) in [6.07, 6.45) is 0. The number of nitrogens with one attached hydrogen (secondary N) is 1. The summed E-state index contributed by atoms with van der Waals surface area (Å²) in [5, 5.41) is 19.3. The maximum absolute atomic E-state index is 8.26. The molecular formula is C6H9N3. The van der Waals surface area contributed by atoms with Crippen LogP contribution >= 0.6 is 0 Å². The first-order valence-electron chi connectivity index (χ1n) is 2.76. The average Bonchev–Trinajstić information content (AvgIpc) is 1.87. The zero-order valence-electron chi connectivity index (χ0n) is 5.55. The molecule has 1 N–H and O–H groups in total. The zero-order valence-corrected chi connectivity index (χ0v) is 5.55. The van der Waals surface area contributed by atoms with Gasteiger partial charge < -0.3 is 0 Å². The summed E-state index contributed by atoms with van der Waals surface area (Å²) in [6.45, 7) is 3.43. The number of hydrogen-bond acceptors (Lipinski definition) is 3. The van der Waals surface area contributed by atoms with Crippen molar-refractivity contribution in [3.63, 3.8) is 0 Å². The van der Waals surface area contributed by atoms with Crippen molar-refractivity contribution in [2.24, 2.45) is 0 Å². The van der Waals surface area contributed by atoms with Crippen LogP contribution in [-0.4, -0.2) is 12.1 Å². The van der Waals surface area contributed by atoms with E-state index in [0.29, 0.717) is 0 Å². The Morgan fingerprint density at radius 2 is 1.44 bits per heavy atom. The molecule has 0 saturated heterocycles. The standard InChI is InChI=1S/C6H9N3/c1-5(3-7)9-6(2)4-8/h5-6,9H,1-2H3/t5-,6-/m1/s1. The molecule has 9 heavy (non-hydrogen) atoms. The van der Waals surface area contributed by atoms with Crippen LogP contribution < -0.4 is 5.32 Å². The van der Waals surface area contributed by atoms with Crippen LogP contribution in [0.3, 0.4) is 0 Å². The van der Waals surface area contributed by atoms with Crippen molar-refractivity contribution in [2.75, 3.05) is 0 Å². The fourth-order valence-corrected chi connectivity index (χ4v) is 0.450. The van der Waals surface area contributed by atoms with Crippen molar-refractivity contribution in [1.29, 1.82) is 10.5 Å². The van der Waals surface area contributed by atoms with Gasteiger partial charge in [-0.3, -0.25) is 5.32 Å². The SMILES string of the molecule is C[C@H](C#N)N[C@H](C)C#N. The van der Waals surface area contributed by atoms with Crippen LogP contribution in [0.4, 0.5) is 0 Å². The second-order valence-corrected chi connectivity index (χ2v) is 1.87. The normalized spacial score (nSPS) is 15.1. The van der Waals surface area contributed by atoms with E-state index in [1.807, 2.05) is 12.1 Å². The lowest BCUT2D eigenvalue weighted by molar-refractivity contribution is 0.601. The van der Waals surface area contributed by atoms with Gasteiger partial charge in [0.2, 0.25) is 0 Å². The van der Waals surface area contributed by atoms with Crippen molar-refractivity contribution < 1.29 is 0 Å². The van der Waals surface area contributed by atoms with Gasteiger partial charge in [0.1, 0.15) is 0 Å². The quantitative estimate of drug-likeness (QED) is 0.578. The van der Waals surface area contributed by atoms with E-state index in [1.54, 1.807) is 13.8 Å². The Balaban J connectivity index is 3.53. The summed E-state index contributed by atoms with van der Waals surface area (Å²) in [6, 6.07) is 3.46. The Morgan fingerprint density at radius 1 is 1.11 bits per heavy atom. The van der Waals surface area contributed by atoms with Gasteiger partial charge in [-0.25, -0.2) is 0 Å². The summed E-state index contributed by atoms with van der Waals surface area (Å²) >= 11 is 0. The summed E-state index contributed by atoms with van der Waals surface area (Å²) < 4.78 is 0. The van der Waals surface area contributed by atoms with Crippen LogP contribution in [0, 0.1) is 22.7 Å². The minimum atomic E-state index is -0.236. The molecule has 0 aromatic carbocycles. The first-order chi connectivity index (χ1) is 4.20. The summed E-state index contributed by atoms with van der Waals surface area (Å²) in [7, 11) is 0. The highest BCUT2D eigenvalue weighted by atomic mass is 14.9. The molecule has 0 aromatic heterocycles. The molecule has 0 aliphatic carbocycles. The molecule has 48 valence electrons. The molecule has 0 fully saturated rings. The molecule has 3 nitrogen and oxygen atoms in total. The maximum atomic E-state index is 8.26. The van der Waals surface area contributed by atoms with Gasteiger partial charge in [-0.1, -0.05) is 0 Å². The van der Waals surface area contributed by atoms with Crippen LogP contribution in [0.15, 0.2) is 0 Å². The molecule has 0 bridgehead atoms. The molecule has 3 heteroatoms. The van der Waals surface area contributed by atoms with Gasteiger partial charge in [-0.2, -0.15) is 10.5 Å². The number of nitriles is 2. The smallest absolute Gasteiger partial charge is 0.0934 e. The largest absolute Gasteiger partial charge is 0.287 e. The van der Waals surface area contributed by atoms with E-state index in [9.17, 15) is 0 Å². The lowest BCUT2D eigenvalue weighted by Crippen LogP contribution is -2.32. The Morgan fingerprint density at radius 3 is 1.67 bits per heavy atom. The van der Waals surface area contributed by atoms with Crippen molar-refractivity contribution in [3.8, 4) is 12.1 Å². The van der Waals surface area contributed by atoms with Crippen molar-refractivity contribution in [2.45, 2.75) is 25.9 Å². The van der Waals surface area contributed by atoms with E-state index in [1.165, 1.54) is 0 Å². The second-order valence-electron chi connectivity index (χ2n) is 1.87. The molecule has 2 atom stereocenters. The van der Waals surface area contributed by atoms with Gasteiger partial charge in [0.25, 0.3) is 0 Å². The molecule has 0 heterocycles. The van der Waals surface area contributed by atoms with Gasteiger partial charge >= 0.3 is 0 Å². The third kappa shape index (κ3) is 3.52. The molecule has 0 unspecified atom stereocenters. The predicted octanol–water partition coefficient (Wildman–Crippen LogP) is 0.400. The highest BCUT2D eigenvalue weighted by Gasteiger charge is 2.02. The third-order valence-electron chi connectivity index (χ3n) is 0.887. The highest BCUT2D eigenvalue weighted by Crippen LogP contribution is 1.81. The molecule has 0 aliphatic heterocycles. The topological polar surface area (TPSA) is 59.6 Å². The van der Waals surface area contributed by atoms with Crippen molar-refractivity contribution >= 4 is 0 Å². The van der Waals surface area contributed by atoms with E-state index >= 15 is 0 Å². The Labute approximate surface area is 54.9 Å². The zero-order chi connectivity index (χ0) is 7.28. The first-order valence-corrected chi connectivity index (χ1v) is 2.76. The second kappa shape index (κ2) is 3.88. The van der Waals surface area contributed by atoms with Crippen LogP contribution in [0.5, 0.6) is 0 Å². The Kier molecular flexibility index (Phi) is 3.43. The first kappa shape index (κ1) is 7.94. The van der Waals surface area contributed by atoms with Gasteiger partial charge in [-0.05, 0) is 13.8 Å². The van der Waals surface area contributed by atoms with Gasteiger partial charge in [-0.15, -0.1) is 0 Å². The monoisotopic (exact) mass is 123 g/mol. The molecular weight excluding hydrogens is 114 g/mol. The highest BCUT2D eigenvalue weighted by molar-refractivity contribution is 4.94. The lowest BCUT2D eigenvalue weighted by atomic mass is 10.3. The molecule has 0 rings (SSSR count). The van der Waals surface area contributed by atoms with E-state index in [2.05, 4.69) is 5.32 Å². The maximum Gasteiger partial charge on any atom is 0.0934 e. The average molecular weight is 123 g/mol. The fraction of sp³-hybridized carbons (Fsp3) is 0.667. The molecule has 0 amide bonds. The van der Waals surface area contributed by atoms with Gasteiger partial charge in [0, 0.05) is 0 Å². The Bertz CT molecular complexity index is 133. The van der Waals surface area contributed by atoms with Crippen LogP contribution in [0.25, 0.3) is 0 Å². The van der Waals surface area contributed by atoms with Crippen molar-refractivity contribution in [1.82, 2.24) is 5.32 Å². The summed E-state index contributed by atoms with van der Waals surface area (Å²) in [4.78, 5) is 0. The van der Waals surface area contributed by atoms with Crippen LogP contribution in [0.2, 0.25) is 0 Å². The Hall–Kier alpha value is -1.06. The summed E-state index contributed by atoms with van der Waals surface area (Å²) in [5.74, 6) is 0. The molecule has 0 aromatic rings. The molecule has 0 aliphatic rings. The molecule has 0 radical (unpaired) electrons. The number of nitrogens with zero attached hydrogens (tertiary/aromatic N) is 2. The lowest BCUT2D eigenvalue weighted by Gasteiger charge is -2.05. The van der Waals surface area contributed by atoms with Gasteiger partial charge in [0.05, 0.1) is 24.2 Å². The molecule has 0 saturated carbocycles. The van der Waals surface area contributed by atoms with Gasteiger partial charge in [0.15, 0.2) is 0 Å². The van der Waals surface area contributed by atoms with E-state index in [0.717, 1.165) is 0 Å². The third-order valence-corrected chi connectivity index (χ3v) is 0.887. The predicted molar refractivity (Wildman–Crippen MR) is 33.3 cm³/mol.